The molecule has 0 bridgehead atoms. The molecule has 0 aromatic carbocycles. The van der Waals surface area contributed by atoms with Crippen molar-refractivity contribution < 1.29 is 101 Å². The molecule has 2 heterocycles. The highest BCUT2D eigenvalue weighted by molar-refractivity contribution is 7.46. The molecular weight excluding hydrogens is 1550 g/mol. The normalized spacial score (nSPS) is 19.8. The van der Waals surface area contributed by atoms with Crippen molar-refractivity contribution in [1.82, 2.24) is 10.6 Å². The maximum Gasteiger partial charge on any atom is 0.470 e. The SMILES string of the molecule is CCCCCCCCCCCCCCCC(=O)O[C@H](CCCCCCCCCCC)CC(=O)NC1COC(CO[C@@H]2OC(CO)[C@@H](OP(=O)(O)O)[C@H](OC(=O)C[C@@H](CCCCCCCCCCC)OC(=O)CCCCCCCCCCC)C2NC(=O)C[C@H](O)CCCCCCCCCCC)[C@@H](O)[C@@H]1OC(=O)C[C@H](O)CCCCCCCCCCC. The third-order valence-electron chi connectivity index (χ3n) is 24.1. The van der Waals surface area contributed by atoms with Crippen molar-refractivity contribution in [3.05, 3.63) is 0 Å². The van der Waals surface area contributed by atoms with Gasteiger partial charge in [-0.25, -0.2) is 4.57 Å². The van der Waals surface area contributed by atoms with Gasteiger partial charge in [0, 0.05) is 12.8 Å². The number of carbonyl (C=O) groups excluding carboxylic acids is 6. The van der Waals surface area contributed by atoms with Crippen LogP contribution in [0.2, 0.25) is 0 Å². The summed E-state index contributed by atoms with van der Waals surface area (Å²) in [6.07, 6.45) is 46.0. The molecule has 0 aliphatic carbocycles. The number of nitrogens with one attached hydrogen (secondary N) is 2. The average Bonchev–Trinajstić information content (AvgIpc) is 0.777. The Bertz CT molecular complexity index is 2510. The van der Waals surface area contributed by atoms with E-state index in [1.54, 1.807) is 0 Å². The van der Waals surface area contributed by atoms with Crippen LogP contribution in [0.3, 0.4) is 0 Å². The number of amides is 2. The van der Waals surface area contributed by atoms with Crippen LogP contribution in [0.15, 0.2) is 0 Å². The number of phosphoric ester groups is 1. The highest BCUT2D eigenvalue weighted by Gasteiger charge is 2.53. The van der Waals surface area contributed by atoms with Gasteiger partial charge < -0.3 is 74.0 Å². The summed E-state index contributed by atoms with van der Waals surface area (Å²) in [5.74, 6) is -4.08. The van der Waals surface area contributed by atoms with E-state index < -0.39 is 149 Å². The molecule has 2 amide bonds. The maximum absolute atomic E-state index is 14.8. The molecule has 2 fully saturated rings. The zero-order valence-electron chi connectivity index (χ0n) is 77.0. The number of unbranched alkanes of at least 4 members (excludes halogenated alkanes) is 52. The monoisotopic (exact) mass is 1730 g/mol. The van der Waals surface area contributed by atoms with Crippen LogP contribution in [-0.4, -0.2) is 165 Å². The predicted molar refractivity (Wildman–Crippen MR) is 478 cm³/mol. The van der Waals surface area contributed by atoms with Gasteiger partial charge in [-0.2, -0.15) is 0 Å². The Balaban J connectivity index is 2.61. The van der Waals surface area contributed by atoms with Crippen molar-refractivity contribution in [2.75, 3.05) is 19.8 Å². The fraction of sp³-hybridized carbons (Fsp3) is 0.938. The molecule has 2 aliphatic rings. The van der Waals surface area contributed by atoms with Crippen LogP contribution in [0.25, 0.3) is 0 Å². The Morgan fingerprint density at radius 3 is 1.06 bits per heavy atom. The van der Waals surface area contributed by atoms with E-state index >= 15 is 0 Å². The van der Waals surface area contributed by atoms with E-state index in [0.29, 0.717) is 51.4 Å². The number of phosphoric acid groups is 1. The lowest BCUT2D eigenvalue weighted by molar-refractivity contribution is -0.282. The van der Waals surface area contributed by atoms with Crippen molar-refractivity contribution in [2.24, 2.45) is 0 Å². The van der Waals surface area contributed by atoms with Gasteiger partial charge in [0.15, 0.2) is 18.5 Å². The number of rotatable bonds is 84. The van der Waals surface area contributed by atoms with Crippen molar-refractivity contribution in [2.45, 2.75) is 558 Å². The summed E-state index contributed by atoms with van der Waals surface area (Å²) in [5, 5.41) is 51.9. The summed E-state index contributed by atoms with van der Waals surface area (Å²) in [6, 6.07) is -2.92. The maximum atomic E-state index is 14.8. The largest absolute Gasteiger partial charge is 0.470 e. The quantitative estimate of drug-likeness (QED) is 0.0121. The summed E-state index contributed by atoms with van der Waals surface area (Å²) < 4.78 is 61.9. The Morgan fingerprint density at radius 2 is 0.692 bits per heavy atom. The van der Waals surface area contributed by atoms with Gasteiger partial charge in [-0.3, -0.25) is 33.3 Å². The Morgan fingerprint density at radius 1 is 0.375 bits per heavy atom. The van der Waals surface area contributed by atoms with Crippen LogP contribution in [0, 0.1) is 0 Å². The molecule has 0 spiro atoms. The minimum absolute atomic E-state index is 0.131. The minimum atomic E-state index is -5.55. The van der Waals surface area contributed by atoms with Crippen LogP contribution >= 0.6 is 7.82 Å². The van der Waals surface area contributed by atoms with Gasteiger partial charge in [-0.1, -0.05) is 388 Å². The second-order valence-corrected chi connectivity index (χ2v) is 36.7. The highest BCUT2D eigenvalue weighted by atomic mass is 31.2. The predicted octanol–water partition coefficient (Wildman–Crippen LogP) is 21.9. The van der Waals surface area contributed by atoms with E-state index in [0.717, 1.165) is 180 Å². The molecule has 120 heavy (non-hydrogen) atoms. The first-order valence-electron chi connectivity index (χ1n) is 49.9. The van der Waals surface area contributed by atoms with E-state index in [-0.39, 0.29) is 38.3 Å². The standard InChI is InChI=1S/C96H181N2O21P/c1-7-13-19-25-31-37-38-39-40-46-52-58-63-69-87(104)114-80(67-61-55-49-43-34-28-22-16-10-4)73-86(103)97-82-76-112-84(92(108)93(82)117-89(106)72-79(101)66-60-54-48-42-33-27-21-15-9-3)77-113-96-91(98-85(102)71-78(100)65-59-53-47-41-32-26-20-14-8-2)95(94(83(75-99)116-96)119-120(109,110)111)118-90(107)74-81(68-62-56-50-44-35-29-23-17-11-5)115-88(105)70-64-57-51-45-36-30-24-18-12-6/h78-84,91-96,99-101,108H,7-77H2,1-6H3,(H,97,103)(H,98,102)(H2,109,110,111)/t78-,79-,80-,81-,82?,83?,84?,91?,92-,93-,94-,95-,96-/m1/s1. The van der Waals surface area contributed by atoms with Crippen LogP contribution in [0.1, 0.15) is 478 Å². The summed E-state index contributed by atoms with van der Waals surface area (Å²) in [6.45, 7) is 11.1. The number of esters is 4. The van der Waals surface area contributed by atoms with Crippen molar-refractivity contribution in [1.29, 1.82) is 0 Å². The first-order valence-corrected chi connectivity index (χ1v) is 51.4. The fourth-order valence-corrected chi connectivity index (χ4v) is 17.2. The lowest BCUT2D eigenvalue weighted by Gasteiger charge is -2.46. The van der Waals surface area contributed by atoms with E-state index in [1.165, 1.54) is 161 Å². The van der Waals surface area contributed by atoms with Gasteiger partial charge in [0.25, 0.3) is 0 Å². The molecule has 23 nitrogen and oxygen atoms in total. The van der Waals surface area contributed by atoms with Gasteiger partial charge in [-0.05, 0) is 51.4 Å². The summed E-state index contributed by atoms with van der Waals surface area (Å²) in [7, 11) is -5.55. The summed E-state index contributed by atoms with van der Waals surface area (Å²) >= 11 is 0. The first-order chi connectivity index (χ1) is 58.2. The topological polar surface area (TPSA) is 339 Å². The van der Waals surface area contributed by atoms with Crippen molar-refractivity contribution in [3.8, 4) is 0 Å². The van der Waals surface area contributed by atoms with Crippen molar-refractivity contribution >= 4 is 43.5 Å². The van der Waals surface area contributed by atoms with Gasteiger partial charge in [0.2, 0.25) is 11.8 Å². The number of hydrogen-bond donors (Lipinski definition) is 8. The third kappa shape index (κ3) is 61.1. The van der Waals surface area contributed by atoms with E-state index in [2.05, 4.69) is 52.2 Å². The molecule has 0 saturated carbocycles. The zero-order chi connectivity index (χ0) is 87.7. The van der Waals surface area contributed by atoms with Gasteiger partial charge in [-0.15, -0.1) is 0 Å². The molecular formula is C96H181N2O21P. The fourth-order valence-electron chi connectivity index (χ4n) is 16.7. The van der Waals surface area contributed by atoms with E-state index in [1.807, 2.05) is 0 Å². The lowest BCUT2D eigenvalue weighted by Crippen LogP contribution is -2.67. The molecule has 0 aromatic rings. The zero-order valence-corrected chi connectivity index (χ0v) is 77.9. The number of hydrogen-bond acceptors (Lipinski definition) is 19. The first kappa shape index (κ1) is 113. The Hall–Kier alpha value is -3.35. The molecule has 2 aliphatic heterocycles. The van der Waals surface area contributed by atoms with E-state index in [9.17, 15) is 63.5 Å². The molecule has 13 atom stereocenters. The van der Waals surface area contributed by atoms with Gasteiger partial charge in [0.05, 0.1) is 63.8 Å². The third-order valence-corrected chi connectivity index (χ3v) is 24.6. The summed E-state index contributed by atoms with van der Waals surface area (Å²) in [4.78, 5) is 106. The average molecular weight is 1730 g/mol. The Kier molecular flexibility index (Phi) is 72.2. The minimum Gasteiger partial charge on any atom is -0.462 e. The van der Waals surface area contributed by atoms with Gasteiger partial charge >= 0.3 is 31.7 Å². The molecule has 0 radical (unpaired) electrons. The number of aliphatic hydroxyl groups excluding tert-OH is 4. The second kappa shape index (κ2) is 76.8. The molecule has 24 heteroatoms. The highest BCUT2D eigenvalue weighted by Crippen LogP contribution is 2.43. The summed E-state index contributed by atoms with van der Waals surface area (Å²) in [5.41, 5.74) is 0. The molecule has 0 aromatic heterocycles. The molecule has 4 unspecified atom stereocenters. The number of ether oxygens (including phenoxy) is 7. The second-order valence-electron chi connectivity index (χ2n) is 35.5. The van der Waals surface area contributed by atoms with Crippen LogP contribution in [-0.2, 0) is 71.0 Å². The lowest BCUT2D eigenvalue weighted by atomic mass is 9.95. The molecule has 8 N–H and O–H groups in total. The van der Waals surface area contributed by atoms with Crippen LogP contribution < -0.4 is 10.6 Å². The van der Waals surface area contributed by atoms with Crippen LogP contribution in [0.5, 0.6) is 0 Å². The van der Waals surface area contributed by atoms with Crippen LogP contribution in [0.4, 0.5) is 0 Å². The van der Waals surface area contributed by atoms with Gasteiger partial charge in [0.1, 0.15) is 42.7 Å². The molecule has 2 rings (SSSR count). The number of aliphatic hydroxyl groups is 4. The Labute approximate surface area is 729 Å². The number of carbonyl (C=O) groups is 6. The smallest absolute Gasteiger partial charge is 0.462 e. The molecule has 2 saturated heterocycles. The molecule has 706 valence electrons. The van der Waals surface area contributed by atoms with E-state index in [4.69, 9.17) is 37.7 Å². The van der Waals surface area contributed by atoms with Crippen molar-refractivity contribution in [3.63, 3.8) is 0 Å².